The Labute approximate surface area is 181 Å². The summed E-state index contributed by atoms with van der Waals surface area (Å²) in [5, 5.41) is 21.4. The molecule has 0 saturated carbocycles. The molecule has 0 fully saturated rings. The lowest BCUT2D eigenvalue weighted by molar-refractivity contribution is -0.138. The number of aromatic hydroxyl groups is 1. The molecule has 0 radical (unpaired) electrons. The molecule has 2 aromatic carbocycles. The van der Waals surface area contributed by atoms with Gasteiger partial charge in [0.25, 0.3) is 5.91 Å². The van der Waals surface area contributed by atoms with E-state index in [2.05, 4.69) is 20.3 Å². The van der Waals surface area contributed by atoms with Crippen LogP contribution in [-0.4, -0.2) is 48.8 Å². The number of phenolic OH excluding ortho intramolecular Hbond substituents is 1. The second kappa shape index (κ2) is 8.88. The zero-order valence-corrected chi connectivity index (χ0v) is 17.0. The van der Waals surface area contributed by atoms with E-state index in [1.165, 1.54) is 23.9 Å². The molecular formula is C22H18N4O4S. The summed E-state index contributed by atoms with van der Waals surface area (Å²) in [5.41, 5.74) is 2.57. The van der Waals surface area contributed by atoms with Gasteiger partial charge in [-0.25, -0.2) is 9.78 Å². The monoisotopic (exact) mass is 434 g/mol. The number of pyridine rings is 1. The van der Waals surface area contributed by atoms with E-state index in [0.29, 0.717) is 22.4 Å². The summed E-state index contributed by atoms with van der Waals surface area (Å²) in [7, 11) is 0. The van der Waals surface area contributed by atoms with Crippen molar-refractivity contribution in [1.82, 2.24) is 20.3 Å². The van der Waals surface area contributed by atoms with E-state index in [-0.39, 0.29) is 11.5 Å². The quantitative estimate of drug-likeness (QED) is 0.329. The summed E-state index contributed by atoms with van der Waals surface area (Å²) in [5.74, 6) is -0.676. The van der Waals surface area contributed by atoms with Gasteiger partial charge in [0.05, 0.1) is 11.0 Å². The van der Waals surface area contributed by atoms with Crippen LogP contribution in [0.5, 0.6) is 5.75 Å². The molecular weight excluding hydrogens is 416 g/mol. The van der Waals surface area contributed by atoms with E-state index >= 15 is 0 Å². The fourth-order valence-electron chi connectivity index (χ4n) is 2.94. The van der Waals surface area contributed by atoms with Crippen LogP contribution in [0.3, 0.4) is 0 Å². The maximum Gasteiger partial charge on any atom is 0.327 e. The van der Waals surface area contributed by atoms with Crippen LogP contribution in [0.1, 0.15) is 10.4 Å². The standard InChI is InChI=1S/C22H18N4O4S/c27-15-2-4-16(5-3-15)31-12-19(22(29)30)26-21(28)14-1-6-17-18(11-14)25-20(24-17)13-7-9-23-10-8-13/h1-11,19,27H,12H2,(H,24,25)(H,26,28)(H,29,30)/t19-/m0/s1. The first kappa shape index (κ1) is 20.4. The summed E-state index contributed by atoms with van der Waals surface area (Å²) in [6.07, 6.45) is 3.34. The van der Waals surface area contributed by atoms with Crippen LogP contribution >= 0.6 is 11.8 Å². The third kappa shape index (κ3) is 4.84. The van der Waals surface area contributed by atoms with E-state index in [4.69, 9.17) is 0 Å². The van der Waals surface area contributed by atoms with E-state index in [1.54, 1.807) is 42.7 Å². The molecule has 2 heterocycles. The Morgan fingerprint density at radius 1 is 1.06 bits per heavy atom. The maximum atomic E-state index is 12.7. The average Bonchev–Trinajstić information content (AvgIpc) is 3.21. The smallest absolute Gasteiger partial charge is 0.327 e. The number of carbonyl (C=O) groups is 2. The number of carbonyl (C=O) groups excluding carboxylic acids is 1. The van der Waals surface area contributed by atoms with Crippen molar-refractivity contribution in [3.8, 4) is 17.1 Å². The molecule has 4 N–H and O–H groups in total. The van der Waals surface area contributed by atoms with Crippen molar-refractivity contribution >= 4 is 34.7 Å². The zero-order valence-electron chi connectivity index (χ0n) is 16.1. The predicted octanol–water partition coefficient (Wildman–Crippen LogP) is 3.31. The third-order valence-electron chi connectivity index (χ3n) is 4.55. The lowest BCUT2D eigenvalue weighted by atomic mass is 10.2. The summed E-state index contributed by atoms with van der Waals surface area (Å²) in [6, 6.07) is 14.0. The Morgan fingerprint density at radius 2 is 1.81 bits per heavy atom. The molecule has 0 aliphatic rings. The van der Waals surface area contributed by atoms with Gasteiger partial charge >= 0.3 is 5.97 Å². The number of aromatic nitrogens is 3. The number of amides is 1. The Kier molecular flexibility index (Phi) is 5.85. The van der Waals surface area contributed by atoms with Crippen molar-refractivity contribution in [3.05, 3.63) is 72.6 Å². The van der Waals surface area contributed by atoms with Gasteiger partial charge in [0.15, 0.2) is 0 Å². The molecule has 9 heteroatoms. The van der Waals surface area contributed by atoms with Gasteiger partial charge in [-0.3, -0.25) is 9.78 Å². The topological polar surface area (TPSA) is 128 Å². The second-order valence-corrected chi connectivity index (χ2v) is 7.82. The third-order valence-corrected chi connectivity index (χ3v) is 5.66. The molecule has 4 rings (SSSR count). The highest BCUT2D eigenvalue weighted by Gasteiger charge is 2.21. The van der Waals surface area contributed by atoms with Gasteiger partial charge in [-0.2, -0.15) is 0 Å². The number of carboxylic acid groups (broad SMARTS) is 1. The number of carboxylic acids is 1. The average molecular weight is 434 g/mol. The minimum atomic E-state index is -1.12. The number of nitrogens with one attached hydrogen (secondary N) is 2. The Balaban J connectivity index is 1.47. The van der Waals surface area contributed by atoms with Gasteiger partial charge < -0.3 is 20.5 Å². The number of H-pyrrole nitrogens is 1. The number of aliphatic carboxylic acids is 1. The number of hydrogen-bond donors (Lipinski definition) is 4. The van der Waals surface area contributed by atoms with Crippen LogP contribution in [0.4, 0.5) is 0 Å². The molecule has 4 aromatic rings. The molecule has 31 heavy (non-hydrogen) atoms. The van der Waals surface area contributed by atoms with Gasteiger partial charge in [-0.05, 0) is 54.6 Å². The number of phenols is 1. The number of nitrogens with zero attached hydrogens (tertiary/aromatic N) is 2. The lowest BCUT2D eigenvalue weighted by Crippen LogP contribution is -2.42. The fraction of sp³-hybridized carbons (Fsp3) is 0.0909. The van der Waals surface area contributed by atoms with Crippen LogP contribution in [0.15, 0.2) is 71.9 Å². The maximum absolute atomic E-state index is 12.7. The molecule has 2 aromatic heterocycles. The SMILES string of the molecule is O=C(N[C@@H](CSc1ccc(O)cc1)C(=O)O)c1ccc2nc(-c3ccncc3)[nH]c2c1. The van der Waals surface area contributed by atoms with Gasteiger partial charge in [-0.1, -0.05) is 0 Å². The van der Waals surface area contributed by atoms with Crippen molar-refractivity contribution in [3.63, 3.8) is 0 Å². The minimum Gasteiger partial charge on any atom is -0.508 e. The Morgan fingerprint density at radius 3 is 2.52 bits per heavy atom. The largest absolute Gasteiger partial charge is 0.508 e. The Bertz CT molecular complexity index is 1230. The molecule has 0 spiro atoms. The van der Waals surface area contributed by atoms with Gasteiger partial charge in [0.2, 0.25) is 0 Å². The first-order valence-electron chi connectivity index (χ1n) is 9.35. The van der Waals surface area contributed by atoms with E-state index in [0.717, 1.165) is 10.5 Å². The molecule has 0 aliphatic carbocycles. The van der Waals surface area contributed by atoms with Gasteiger partial charge in [0, 0.05) is 34.2 Å². The van der Waals surface area contributed by atoms with Crippen molar-refractivity contribution in [1.29, 1.82) is 0 Å². The highest BCUT2D eigenvalue weighted by Crippen LogP contribution is 2.23. The molecule has 8 nitrogen and oxygen atoms in total. The summed E-state index contributed by atoms with van der Waals surface area (Å²) < 4.78 is 0. The van der Waals surface area contributed by atoms with Crippen molar-refractivity contribution in [2.45, 2.75) is 10.9 Å². The van der Waals surface area contributed by atoms with Crippen LogP contribution < -0.4 is 5.32 Å². The first-order chi connectivity index (χ1) is 15.0. The van der Waals surface area contributed by atoms with Crippen molar-refractivity contribution in [2.24, 2.45) is 0 Å². The van der Waals surface area contributed by atoms with Gasteiger partial charge in [0.1, 0.15) is 17.6 Å². The van der Waals surface area contributed by atoms with Crippen LogP contribution in [0.2, 0.25) is 0 Å². The molecule has 0 bridgehead atoms. The molecule has 156 valence electrons. The van der Waals surface area contributed by atoms with Crippen LogP contribution in [0.25, 0.3) is 22.4 Å². The van der Waals surface area contributed by atoms with Gasteiger partial charge in [-0.15, -0.1) is 11.8 Å². The Hall–Kier alpha value is -3.85. The summed E-state index contributed by atoms with van der Waals surface area (Å²) >= 11 is 1.28. The number of fused-ring (bicyclic) bond motifs is 1. The minimum absolute atomic E-state index is 0.133. The fourth-order valence-corrected chi connectivity index (χ4v) is 3.85. The second-order valence-electron chi connectivity index (χ2n) is 6.72. The molecule has 0 unspecified atom stereocenters. The van der Waals surface area contributed by atoms with Crippen molar-refractivity contribution < 1.29 is 19.8 Å². The highest BCUT2D eigenvalue weighted by molar-refractivity contribution is 7.99. The highest BCUT2D eigenvalue weighted by atomic mass is 32.2. The molecule has 0 aliphatic heterocycles. The van der Waals surface area contributed by atoms with E-state index < -0.39 is 17.9 Å². The number of rotatable bonds is 7. The normalized spacial score (nSPS) is 11.9. The number of aromatic amines is 1. The van der Waals surface area contributed by atoms with Crippen molar-refractivity contribution in [2.75, 3.05) is 5.75 Å². The summed E-state index contributed by atoms with van der Waals surface area (Å²) in [4.78, 5) is 36.8. The summed E-state index contributed by atoms with van der Waals surface area (Å²) in [6.45, 7) is 0. The molecule has 1 amide bonds. The molecule has 1 atom stereocenters. The number of imidazole rings is 1. The number of thioether (sulfide) groups is 1. The van der Waals surface area contributed by atoms with Crippen LogP contribution in [0, 0.1) is 0 Å². The molecule has 0 saturated heterocycles. The van der Waals surface area contributed by atoms with Crippen LogP contribution in [-0.2, 0) is 4.79 Å². The number of benzene rings is 2. The predicted molar refractivity (Wildman–Crippen MR) is 117 cm³/mol. The van der Waals surface area contributed by atoms with E-state index in [9.17, 15) is 19.8 Å². The first-order valence-corrected chi connectivity index (χ1v) is 10.3. The number of hydrogen-bond acceptors (Lipinski definition) is 6. The lowest BCUT2D eigenvalue weighted by Gasteiger charge is -2.14. The zero-order chi connectivity index (χ0) is 21.8. The van der Waals surface area contributed by atoms with E-state index in [1.807, 2.05) is 12.1 Å².